The first-order valence-electron chi connectivity index (χ1n) is 11.2. The van der Waals surface area contributed by atoms with E-state index < -0.39 is 0 Å². The monoisotopic (exact) mass is 475 g/mol. The number of aromatic nitrogens is 2. The minimum absolute atomic E-state index is 0.0896. The lowest BCUT2D eigenvalue weighted by atomic mass is 10.1. The Morgan fingerprint density at radius 3 is 2.44 bits per heavy atom. The van der Waals surface area contributed by atoms with Crippen molar-refractivity contribution in [2.75, 3.05) is 12.8 Å². The fraction of sp³-hybridized carbons (Fsp3) is 0.222. The minimum atomic E-state index is -0.305. The molecule has 0 aliphatic rings. The quantitative estimate of drug-likeness (QED) is 0.255. The van der Waals surface area contributed by atoms with Crippen LogP contribution in [0.15, 0.2) is 88.8 Å². The van der Waals surface area contributed by atoms with Gasteiger partial charge in [-0.3, -0.25) is 14.2 Å². The topological polar surface area (TPSA) is 55.2 Å². The maximum absolute atomic E-state index is 13.2. The van der Waals surface area contributed by atoms with Gasteiger partial charge in [0.1, 0.15) is 5.82 Å². The summed E-state index contributed by atoms with van der Waals surface area (Å²) in [4.78, 5) is 32.3. The zero-order chi connectivity index (χ0) is 23.9. The van der Waals surface area contributed by atoms with Gasteiger partial charge in [0.05, 0.1) is 16.7 Å². The molecule has 3 aromatic carbocycles. The van der Waals surface area contributed by atoms with Gasteiger partial charge in [-0.1, -0.05) is 66.4 Å². The minimum Gasteiger partial charge on any atom is -0.341 e. The van der Waals surface area contributed by atoms with Gasteiger partial charge in [0.15, 0.2) is 5.16 Å². The van der Waals surface area contributed by atoms with Gasteiger partial charge in [0.2, 0.25) is 5.91 Å². The second kappa shape index (κ2) is 11.1. The summed E-state index contributed by atoms with van der Waals surface area (Å²) in [6, 6.07) is 23.5. The molecule has 5 nitrogen and oxygen atoms in total. The number of fused-ring (bicyclic) bond motifs is 1. The Kier molecular flexibility index (Phi) is 7.75. The number of aryl methyl sites for hydroxylation is 1. The lowest BCUT2D eigenvalue weighted by molar-refractivity contribution is -0.127. The molecule has 0 fully saturated rings. The van der Waals surface area contributed by atoms with E-state index in [1.807, 2.05) is 36.4 Å². The summed E-state index contributed by atoms with van der Waals surface area (Å²) in [5, 5.41) is 1.12. The normalized spacial score (nSPS) is 11.0. The number of thioether (sulfide) groups is 1. The summed E-state index contributed by atoms with van der Waals surface area (Å²) in [6.07, 6.45) is 1.64. The van der Waals surface area contributed by atoms with Crippen LogP contribution in [0.2, 0.25) is 0 Å². The van der Waals surface area contributed by atoms with Gasteiger partial charge in [-0.15, -0.1) is 0 Å². The van der Waals surface area contributed by atoms with Crippen molar-refractivity contribution in [3.05, 3.63) is 106 Å². The van der Waals surface area contributed by atoms with Crippen LogP contribution in [0, 0.1) is 5.82 Å². The van der Waals surface area contributed by atoms with Gasteiger partial charge in [-0.2, -0.15) is 0 Å². The van der Waals surface area contributed by atoms with Crippen LogP contribution in [0.4, 0.5) is 4.39 Å². The summed E-state index contributed by atoms with van der Waals surface area (Å²) >= 11 is 1.27. The molecule has 0 spiro atoms. The second-order valence-corrected chi connectivity index (χ2v) is 9.06. The summed E-state index contributed by atoms with van der Waals surface area (Å²) in [7, 11) is 1.72. The zero-order valence-electron chi connectivity index (χ0n) is 19.0. The van der Waals surface area contributed by atoms with E-state index in [1.165, 1.54) is 29.5 Å². The lowest BCUT2D eigenvalue weighted by Gasteiger charge is -2.18. The van der Waals surface area contributed by atoms with Crippen molar-refractivity contribution < 1.29 is 9.18 Å². The lowest BCUT2D eigenvalue weighted by Crippen LogP contribution is -2.29. The summed E-state index contributed by atoms with van der Waals surface area (Å²) in [5.74, 6) is -0.241. The van der Waals surface area contributed by atoms with E-state index in [0.29, 0.717) is 29.1 Å². The number of hydrogen-bond acceptors (Lipinski definition) is 4. The van der Waals surface area contributed by atoms with E-state index in [2.05, 4.69) is 12.1 Å². The highest BCUT2D eigenvalue weighted by Crippen LogP contribution is 2.19. The van der Waals surface area contributed by atoms with Crippen molar-refractivity contribution in [2.24, 2.45) is 0 Å². The van der Waals surface area contributed by atoms with Crippen LogP contribution in [-0.4, -0.2) is 33.2 Å². The molecule has 0 aliphatic carbocycles. The number of halogens is 1. The Balaban J connectivity index is 1.48. The SMILES string of the molecule is CN(Cc1ccc(F)cc1)C(=O)CSc1nc2ccccc2c(=O)n1CCCc1ccccc1. The van der Waals surface area contributed by atoms with Gasteiger partial charge in [0.25, 0.3) is 5.56 Å². The van der Waals surface area contributed by atoms with Crippen molar-refractivity contribution in [1.82, 2.24) is 14.5 Å². The van der Waals surface area contributed by atoms with Crippen molar-refractivity contribution in [1.29, 1.82) is 0 Å². The maximum atomic E-state index is 13.2. The van der Waals surface area contributed by atoms with Crippen LogP contribution in [0.5, 0.6) is 0 Å². The van der Waals surface area contributed by atoms with E-state index >= 15 is 0 Å². The number of hydrogen-bond donors (Lipinski definition) is 0. The third-order valence-electron chi connectivity index (χ3n) is 5.60. The average Bonchev–Trinajstić information content (AvgIpc) is 2.86. The highest BCUT2D eigenvalue weighted by Gasteiger charge is 2.15. The first kappa shape index (κ1) is 23.7. The second-order valence-electron chi connectivity index (χ2n) is 8.12. The number of amides is 1. The summed E-state index contributed by atoms with van der Waals surface area (Å²) in [5.41, 5.74) is 2.61. The number of para-hydroxylation sites is 1. The number of carbonyl (C=O) groups is 1. The molecule has 1 amide bonds. The van der Waals surface area contributed by atoms with Crippen LogP contribution < -0.4 is 5.56 Å². The molecule has 0 atom stereocenters. The van der Waals surface area contributed by atoms with Crippen LogP contribution >= 0.6 is 11.8 Å². The molecular weight excluding hydrogens is 449 g/mol. The van der Waals surface area contributed by atoms with Crippen LogP contribution in [0.25, 0.3) is 10.9 Å². The third kappa shape index (κ3) is 5.91. The molecule has 4 aromatic rings. The van der Waals surface area contributed by atoms with Crippen molar-refractivity contribution in [3.63, 3.8) is 0 Å². The fourth-order valence-electron chi connectivity index (χ4n) is 3.73. The van der Waals surface area contributed by atoms with Crippen LogP contribution in [0.3, 0.4) is 0 Å². The van der Waals surface area contributed by atoms with Gasteiger partial charge in [-0.05, 0) is 48.2 Å². The predicted molar refractivity (Wildman–Crippen MR) is 134 cm³/mol. The number of benzene rings is 3. The molecule has 7 heteroatoms. The van der Waals surface area contributed by atoms with Gasteiger partial charge in [-0.25, -0.2) is 9.37 Å². The van der Waals surface area contributed by atoms with Crippen molar-refractivity contribution in [3.8, 4) is 0 Å². The standard InChI is InChI=1S/C27H26FN3O2S/c1-30(18-21-13-15-22(28)16-14-21)25(32)19-34-27-29-24-12-6-5-11-23(24)26(33)31(27)17-7-10-20-8-3-2-4-9-20/h2-6,8-9,11-16H,7,10,17-19H2,1H3. The van der Waals surface area contributed by atoms with Gasteiger partial charge >= 0.3 is 0 Å². The molecule has 0 saturated heterocycles. The number of carbonyl (C=O) groups excluding carboxylic acids is 1. The summed E-state index contributed by atoms with van der Waals surface area (Å²) < 4.78 is 14.8. The zero-order valence-corrected chi connectivity index (χ0v) is 19.8. The molecule has 34 heavy (non-hydrogen) atoms. The molecule has 0 radical (unpaired) electrons. The first-order valence-corrected chi connectivity index (χ1v) is 12.1. The van der Waals surface area contributed by atoms with Gasteiger partial charge < -0.3 is 4.90 Å². The average molecular weight is 476 g/mol. The van der Waals surface area contributed by atoms with E-state index in [0.717, 1.165) is 18.4 Å². The molecule has 0 unspecified atom stereocenters. The predicted octanol–water partition coefficient (Wildman–Crippen LogP) is 4.92. The fourth-order valence-corrected chi connectivity index (χ4v) is 4.70. The molecule has 0 aliphatic heterocycles. The third-order valence-corrected chi connectivity index (χ3v) is 6.56. The van der Waals surface area contributed by atoms with Crippen LogP contribution in [0.1, 0.15) is 17.5 Å². The Bertz CT molecular complexity index is 1320. The van der Waals surface area contributed by atoms with E-state index in [4.69, 9.17) is 4.98 Å². The Morgan fingerprint density at radius 2 is 1.68 bits per heavy atom. The Hall–Kier alpha value is -3.45. The Labute approximate surface area is 202 Å². The first-order chi connectivity index (χ1) is 16.5. The van der Waals surface area contributed by atoms with E-state index in [9.17, 15) is 14.0 Å². The summed E-state index contributed by atoms with van der Waals surface area (Å²) in [6.45, 7) is 0.905. The molecule has 4 rings (SSSR count). The molecule has 174 valence electrons. The molecule has 0 saturated carbocycles. The maximum Gasteiger partial charge on any atom is 0.262 e. The Morgan fingerprint density at radius 1 is 0.971 bits per heavy atom. The van der Waals surface area contributed by atoms with Crippen LogP contribution in [-0.2, 0) is 24.3 Å². The van der Waals surface area contributed by atoms with Crippen molar-refractivity contribution >= 4 is 28.6 Å². The van der Waals surface area contributed by atoms with E-state index in [-0.39, 0.29) is 23.0 Å². The van der Waals surface area contributed by atoms with Gasteiger partial charge in [0, 0.05) is 20.1 Å². The molecule has 1 heterocycles. The number of nitrogens with zero attached hydrogens (tertiary/aromatic N) is 3. The highest BCUT2D eigenvalue weighted by molar-refractivity contribution is 7.99. The molecule has 1 aromatic heterocycles. The van der Waals surface area contributed by atoms with Crippen molar-refractivity contribution in [2.45, 2.75) is 31.1 Å². The highest BCUT2D eigenvalue weighted by atomic mass is 32.2. The molecule has 0 bridgehead atoms. The molecular formula is C27H26FN3O2S. The smallest absolute Gasteiger partial charge is 0.262 e. The van der Waals surface area contributed by atoms with E-state index in [1.54, 1.807) is 34.7 Å². The largest absolute Gasteiger partial charge is 0.341 e. The molecule has 0 N–H and O–H groups in total. The number of rotatable bonds is 9.